The van der Waals surface area contributed by atoms with Crippen molar-refractivity contribution >= 4 is 12.0 Å². The third kappa shape index (κ3) is 4.11. The highest BCUT2D eigenvalue weighted by molar-refractivity contribution is 5.77. The third-order valence-corrected chi connectivity index (χ3v) is 5.45. The Balaban J connectivity index is 1.92. The van der Waals surface area contributed by atoms with Gasteiger partial charge in [0.05, 0.1) is 12.0 Å². The number of hydrogen-bond acceptors (Lipinski definition) is 2. The van der Waals surface area contributed by atoms with Gasteiger partial charge in [0.2, 0.25) is 0 Å². The van der Waals surface area contributed by atoms with Crippen molar-refractivity contribution in [1.29, 1.82) is 0 Å². The topological polar surface area (TPSA) is 78.4 Å². The Morgan fingerprint density at radius 2 is 1.81 bits per heavy atom. The van der Waals surface area contributed by atoms with Crippen LogP contribution in [0.1, 0.15) is 65.2 Å². The first kappa shape index (κ1) is 16.1. The highest BCUT2D eigenvalue weighted by atomic mass is 16.4. The lowest BCUT2D eigenvalue weighted by Gasteiger charge is -2.36. The summed E-state index contributed by atoms with van der Waals surface area (Å²) < 4.78 is 0. The van der Waals surface area contributed by atoms with Crippen LogP contribution in [-0.4, -0.2) is 28.7 Å². The zero-order valence-electron chi connectivity index (χ0n) is 13.2. The predicted molar refractivity (Wildman–Crippen MR) is 81.1 cm³/mol. The molecule has 2 amide bonds. The van der Waals surface area contributed by atoms with Crippen molar-refractivity contribution in [2.24, 2.45) is 11.8 Å². The van der Waals surface area contributed by atoms with Gasteiger partial charge >= 0.3 is 12.0 Å². The zero-order valence-corrected chi connectivity index (χ0v) is 13.2. The van der Waals surface area contributed by atoms with Crippen LogP contribution < -0.4 is 10.6 Å². The van der Waals surface area contributed by atoms with Gasteiger partial charge < -0.3 is 15.7 Å². The van der Waals surface area contributed by atoms with E-state index in [9.17, 15) is 9.59 Å². The molecule has 2 fully saturated rings. The van der Waals surface area contributed by atoms with Crippen molar-refractivity contribution in [3.8, 4) is 0 Å². The van der Waals surface area contributed by atoms with E-state index in [1.807, 2.05) is 0 Å². The highest BCUT2D eigenvalue weighted by Crippen LogP contribution is 2.33. The second kappa shape index (κ2) is 6.67. The van der Waals surface area contributed by atoms with Crippen molar-refractivity contribution in [1.82, 2.24) is 10.6 Å². The van der Waals surface area contributed by atoms with E-state index in [1.165, 1.54) is 6.42 Å². The number of urea groups is 1. The SMILES string of the molecule is CC1CCCC(NC(=O)NC2(CC(=O)O)CCCC2)C1C. The molecule has 0 bridgehead atoms. The van der Waals surface area contributed by atoms with E-state index in [1.54, 1.807) is 0 Å². The minimum Gasteiger partial charge on any atom is -0.481 e. The Bertz CT molecular complexity index is 391. The molecule has 2 aliphatic carbocycles. The number of nitrogens with one attached hydrogen (secondary N) is 2. The van der Waals surface area contributed by atoms with Crippen LogP contribution in [0.3, 0.4) is 0 Å². The number of amides is 2. The molecule has 3 atom stereocenters. The lowest BCUT2D eigenvalue weighted by Crippen LogP contribution is -2.55. The van der Waals surface area contributed by atoms with Crippen LogP contribution in [0.2, 0.25) is 0 Å². The Hall–Kier alpha value is -1.26. The number of rotatable bonds is 4. The molecule has 0 spiro atoms. The number of hydrogen-bond donors (Lipinski definition) is 3. The molecule has 0 heterocycles. The minimum atomic E-state index is -0.836. The summed E-state index contributed by atoms with van der Waals surface area (Å²) in [5.74, 6) is 0.267. The molecular weight excluding hydrogens is 268 g/mol. The molecule has 2 rings (SSSR count). The van der Waals surface area contributed by atoms with Crippen molar-refractivity contribution in [3.63, 3.8) is 0 Å². The van der Waals surface area contributed by atoms with Crippen LogP contribution >= 0.6 is 0 Å². The van der Waals surface area contributed by atoms with Gasteiger partial charge in [-0.2, -0.15) is 0 Å². The summed E-state index contributed by atoms with van der Waals surface area (Å²) in [5.41, 5.74) is -0.542. The summed E-state index contributed by atoms with van der Waals surface area (Å²) in [6.07, 6.45) is 6.93. The van der Waals surface area contributed by atoms with E-state index in [0.717, 1.165) is 38.5 Å². The first-order valence-electron chi connectivity index (χ1n) is 8.22. The van der Waals surface area contributed by atoms with E-state index in [2.05, 4.69) is 24.5 Å². The van der Waals surface area contributed by atoms with E-state index in [4.69, 9.17) is 5.11 Å². The van der Waals surface area contributed by atoms with Gasteiger partial charge in [0.15, 0.2) is 0 Å². The Labute approximate surface area is 126 Å². The molecule has 0 aliphatic heterocycles. The molecule has 120 valence electrons. The van der Waals surface area contributed by atoms with Crippen molar-refractivity contribution < 1.29 is 14.7 Å². The molecule has 21 heavy (non-hydrogen) atoms. The maximum atomic E-state index is 12.3. The van der Waals surface area contributed by atoms with E-state index in [0.29, 0.717) is 11.8 Å². The Kier molecular flexibility index (Phi) is 5.12. The molecule has 0 aromatic rings. The van der Waals surface area contributed by atoms with Gasteiger partial charge in [-0.15, -0.1) is 0 Å². The molecule has 0 saturated heterocycles. The van der Waals surface area contributed by atoms with Crippen LogP contribution in [0.5, 0.6) is 0 Å². The molecule has 2 aliphatic rings. The quantitative estimate of drug-likeness (QED) is 0.746. The van der Waals surface area contributed by atoms with E-state index < -0.39 is 11.5 Å². The second-order valence-corrected chi connectivity index (χ2v) is 7.03. The molecule has 0 aromatic carbocycles. The molecule has 0 radical (unpaired) electrons. The van der Waals surface area contributed by atoms with Gasteiger partial charge in [-0.25, -0.2) is 4.79 Å². The third-order valence-electron chi connectivity index (χ3n) is 5.45. The molecule has 3 N–H and O–H groups in total. The minimum absolute atomic E-state index is 0.0248. The molecule has 2 saturated carbocycles. The first-order chi connectivity index (χ1) is 9.92. The molecule has 0 aromatic heterocycles. The standard InChI is InChI=1S/C16H28N2O3/c1-11-6-5-7-13(12(11)2)17-15(21)18-16(10-14(19)20)8-3-4-9-16/h11-13H,3-10H2,1-2H3,(H,19,20)(H2,17,18,21). The number of carbonyl (C=O) groups is 2. The summed E-state index contributed by atoms with van der Waals surface area (Å²) in [4.78, 5) is 23.3. The number of carboxylic acids is 1. The first-order valence-corrected chi connectivity index (χ1v) is 8.22. The smallest absolute Gasteiger partial charge is 0.315 e. The number of carboxylic acid groups (broad SMARTS) is 1. The van der Waals surface area contributed by atoms with Gasteiger partial charge in [0.25, 0.3) is 0 Å². The van der Waals surface area contributed by atoms with Crippen LogP contribution in [0.15, 0.2) is 0 Å². The van der Waals surface area contributed by atoms with Gasteiger partial charge in [-0.3, -0.25) is 4.79 Å². The fraction of sp³-hybridized carbons (Fsp3) is 0.875. The van der Waals surface area contributed by atoms with Crippen LogP contribution in [0.25, 0.3) is 0 Å². The van der Waals surface area contributed by atoms with E-state index in [-0.39, 0.29) is 18.5 Å². The normalized spacial score (nSPS) is 31.6. The number of carbonyl (C=O) groups excluding carboxylic acids is 1. The predicted octanol–water partition coefficient (Wildman–Crippen LogP) is 2.90. The van der Waals surface area contributed by atoms with Gasteiger partial charge in [-0.05, 0) is 31.1 Å². The van der Waals surface area contributed by atoms with Crippen LogP contribution in [0, 0.1) is 11.8 Å². The molecule has 5 heteroatoms. The largest absolute Gasteiger partial charge is 0.481 e. The monoisotopic (exact) mass is 296 g/mol. The van der Waals surface area contributed by atoms with Gasteiger partial charge in [-0.1, -0.05) is 39.5 Å². The number of aliphatic carboxylic acids is 1. The van der Waals surface area contributed by atoms with Gasteiger partial charge in [0.1, 0.15) is 0 Å². The van der Waals surface area contributed by atoms with Crippen molar-refractivity contribution in [3.05, 3.63) is 0 Å². The van der Waals surface area contributed by atoms with Crippen molar-refractivity contribution in [2.75, 3.05) is 0 Å². The lowest BCUT2D eigenvalue weighted by atomic mass is 9.78. The maximum absolute atomic E-state index is 12.3. The lowest BCUT2D eigenvalue weighted by molar-refractivity contribution is -0.138. The summed E-state index contributed by atoms with van der Waals surface area (Å²) in [5, 5.41) is 15.1. The summed E-state index contributed by atoms with van der Waals surface area (Å²) in [7, 11) is 0. The average molecular weight is 296 g/mol. The van der Waals surface area contributed by atoms with Crippen LogP contribution in [-0.2, 0) is 4.79 Å². The van der Waals surface area contributed by atoms with E-state index >= 15 is 0 Å². The fourth-order valence-electron chi connectivity index (χ4n) is 3.92. The second-order valence-electron chi connectivity index (χ2n) is 7.03. The van der Waals surface area contributed by atoms with Crippen molar-refractivity contribution in [2.45, 2.75) is 76.8 Å². The molecule has 3 unspecified atom stereocenters. The average Bonchev–Trinajstić information content (AvgIpc) is 2.82. The summed E-state index contributed by atoms with van der Waals surface area (Å²) in [6, 6.07) is 0.0149. The highest BCUT2D eigenvalue weighted by Gasteiger charge is 2.38. The summed E-state index contributed by atoms with van der Waals surface area (Å²) >= 11 is 0. The Morgan fingerprint density at radius 3 is 2.43 bits per heavy atom. The maximum Gasteiger partial charge on any atom is 0.315 e. The fourth-order valence-corrected chi connectivity index (χ4v) is 3.92. The molecular formula is C16H28N2O3. The van der Waals surface area contributed by atoms with Gasteiger partial charge in [0, 0.05) is 6.04 Å². The summed E-state index contributed by atoms with van der Waals surface area (Å²) in [6.45, 7) is 4.43. The molecule has 5 nitrogen and oxygen atoms in total. The Morgan fingerprint density at radius 1 is 1.14 bits per heavy atom. The van der Waals surface area contributed by atoms with Crippen LogP contribution in [0.4, 0.5) is 4.79 Å². The zero-order chi connectivity index (χ0) is 15.5.